The van der Waals surface area contributed by atoms with Crippen molar-refractivity contribution in [3.63, 3.8) is 0 Å². The number of methoxy groups -OCH3 is 2. The highest BCUT2D eigenvalue weighted by Gasteiger charge is 2.23. The predicted octanol–water partition coefficient (Wildman–Crippen LogP) is 0.293. The van der Waals surface area contributed by atoms with Gasteiger partial charge in [0.15, 0.2) is 6.29 Å². The maximum absolute atomic E-state index is 10.9. The van der Waals surface area contributed by atoms with Crippen LogP contribution in [-0.4, -0.2) is 48.5 Å². The number of rotatable bonds is 7. The van der Waals surface area contributed by atoms with Gasteiger partial charge in [0.1, 0.15) is 17.6 Å². The summed E-state index contributed by atoms with van der Waals surface area (Å²) >= 11 is 0. The molecule has 1 aromatic rings. The van der Waals surface area contributed by atoms with Crippen LogP contribution in [0, 0.1) is 0 Å². The number of carbonyl (C=O) groups excluding carboxylic acids is 1. The van der Waals surface area contributed by atoms with Crippen molar-refractivity contribution in [3.8, 4) is 11.5 Å². The molecule has 2 unspecified atom stereocenters. The molecule has 106 valence electrons. The molecular weight excluding hydrogens is 252 g/mol. The van der Waals surface area contributed by atoms with Gasteiger partial charge in [-0.05, 0) is 18.6 Å². The van der Waals surface area contributed by atoms with E-state index in [0.29, 0.717) is 11.8 Å². The average Bonchev–Trinajstić information content (AvgIpc) is 2.45. The number of ether oxygens (including phenoxy) is 2. The lowest BCUT2D eigenvalue weighted by atomic mass is 9.99. The number of aliphatic hydroxyl groups is 3. The fourth-order valence-electron chi connectivity index (χ4n) is 1.77. The number of hydrogen-bond acceptors (Lipinski definition) is 6. The SMILES string of the molecule is COc1cc(C(O)C(O)CCO)c(OC)cc1C=O. The molecule has 0 saturated carbocycles. The molecule has 0 amide bonds. The van der Waals surface area contributed by atoms with E-state index in [2.05, 4.69) is 0 Å². The van der Waals surface area contributed by atoms with Crippen molar-refractivity contribution < 1.29 is 29.6 Å². The van der Waals surface area contributed by atoms with E-state index < -0.39 is 12.2 Å². The fourth-order valence-corrected chi connectivity index (χ4v) is 1.77. The highest BCUT2D eigenvalue weighted by Crippen LogP contribution is 2.34. The smallest absolute Gasteiger partial charge is 0.153 e. The Kier molecular flexibility index (Phi) is 5.75. The highest BCUT2D eigenvalue weighted by atomic mass is 16.5. The van der Waals surface area contributed by atoms with Crippen LogP contribution in [0.5, 0.6) is 11.5 Å². The summed E-state index contributed by atoms with van der Waals surface area (Å²) in [7, 11) is 2.79. The van der Waals surface area contributed by atoms with Gasteiger partial charge in [0.05, 0.1) is 25.9 Å². The third-order valence-corrected chi connectivity index (χ3v) is 2.82. The molecule has 19 heavy (non-hydrogen) atoms. The maximum Gasteiger partial charge on any atom is 0.153 e. The lowest BCUT2D eigenvalue weighted by Gasteiger charge is -2.21. The number of hydrogen-bond donors (Lipinski definition) is 3. The largest absolute Gasteiger partial charge is 0.496 e. The first kappa shape index (κ1) is 15.4. The van der Waals surface area contributed by atoms with Crippen LogP contribution in [0.25, 0.3) is 0 Å². The van der Waals surface area contributed by atoms with E-state index in [-0.39, 0.29) is 30.1 Å². The number of carbonyl (C=O) groups is 1. The van der Waals surface area contributed by atoms with Crippen molar-refractivity contribution >= 4 is 6.29 Å². The first-order chi connectivity index (χ1) is 9.08. The Morgan fingerprint density at radius 1 is 1.21 bits per heavy atom. The van der Waals surface area contributed by atoms with Gasteiger partial charge in [-0.15, -0.1) is 0 Å². The molecule has 1 aromatic carbocycles. The van der Waals surface area contributed by atoms with Crippen LogP contribution in [0.1, 0.15) is 28.4 Å². The molecule has 2 atom stereocenters. The molecule has 0 bridgehead atoms. The van der Waals surface area contributed by atoms with E-state index >= 15 is 0 Å². The van der Waals surface area contributed by atoms with Crippen molar-refractivity contribution in [2.75, 3.05) is 20.8 Å². The second-order valence-corrected chi connectivity index (χ2v) is 3.98. The summed E-state index contributed by atoms with van der Waals surface area (Å²) < 4.78 is 10.1. The molecule has 0 aromatic heterocycles. The topological polar surface area (TPSA) is 96.2 Å². The second kappa shape index (κ2) is 7.08. The molecule has 0 fully saturated rings. The zero-order valence-corrected chi connectivity index (χ0v) is 10.9. The molecular formula is C13H18O6. The van der Waals surface area contributed by atoms with Crippen LogP contribution in [0.4, 0.5) is 0 Å². The molecule has 0 aliphatic rings. The van der Waals surface area contributed by atoms with Gasteiger partial charge in [-0.25, -0.2) is 0 Å². The monoisotopic (exact) mass is 270 g/mol. The summed E-state index contributed by atoms with van der Waals surface area (Å²) in [5.74, 6) is 0.549. The van der Waals surface area contributed by atoms with Crippen molar-refractivity contribution in [2.24, 2.45) is 0 Å². The standard InChI is InChI=1S/C13H18O6/c1-18-11-6-9(13(17)10(16)3-4-14)12(19-2)5-8(11)7-15/h5-7,10,13-14,16-17H,3-4H2,1-2H3. The maximum atomic E-state index is 10.9. The molecule has 0 saturated heterocycles. The van der Waals surface area contributed by atoms with Crippen LogP contribution in [0.2, 0.25) is 0 Å². The molecule has 3 N–H and O–H groups in total. The third kappa shape index (κ3) is 3.44. The number of aliphatic hydroxyl groups excluding tert-OH is 3. The van der Waals surface area contributed by atoms with E-state index in [9.17, 15) is 15.0 Å². The van der Waals surface area contributed by atoms with Gasteiger partial charge in [-0.1, -0.05) is 0 Å². The van der Waals surface area contributed by atoms with Crippen LogP contribution >= 0.6 is 0 Å². The predicted molar refractivity (Wildman–Crippen MR) is 67.6 cm³/mol. The van der Waals surface area contributed by atoms with Gasteiger partial charge in [0.2, 0.25) is 0 Å². The molecule has 0 aliphatic carbocycles. The summed E-state index contributed by atoms with van der Waals surface area (Å²) in [6.07, 6.45) is -1.73. The molecule has 0 aliphatic heterocycles. The van der Waals surface area contributed by atoms with Crippen LogP contribution in [0.15, 0.2) is 12.1 Å². The van der Waals surface area contributed by atoms with Gasteiger partial charge >= 0.3 is 0 Å². The number of benzene rings is 1. The molecule has 6 heteroatoms. The van der Waals surface area contributed by atoms with E-state index in [4.69, 9.17) is 14.6 Å². The van der Waals surface area contributed by atoms with E-state index in [1.807, 2.05) is 0 Å². The minimum atomic E-state index is -1.24. The first-order valence-electron chi connectivity index (χ1n) is 5.77. The zero-order valence-electron chi connectivity index (χ0n) is 10.9. The van der Waals surface area contributed by atoms with E-state index in [1.165, 1.54) is 26.4 Å². The third-order valence-electron chi connectivity index (χ3n) is 2.82. The molecule has 6 nitrogen and oxygen atoms in total. The summed E-state index contributed by atoms with van der Waals surface area (Å²) in [6.45, 7) is -0.246. The summed E-state index contributed by atoms with van der Waals surface area (Å²) in [6, 6.07) is 2.86. The minimum absolute atomic E-state index is 0.0298. The quantitative estimate of drug-likeness (QED) is 0.616. The zero-order chi connectivity index (χ0) is 14.4. The summed E-state index contributed by atoms with van der Waals surface area (Å²) in [5, 5.41) is 28.5. The second-order valence-electron chi connectivity index (χ2n) is 3.98. The average molecular weight is 270 g/mol. The van der Waals surface area contributed by atoms with Crippen LogP contribution in [0.3, 0.4) is 0 Å². The van der Waals surface area contributed by atoms with Gasteiger partial charge in [-0.3, -0.25) is 4.79 Å². The van der Waals surface area contributed by atoms with Crippen molar-refractivity contribution in [1.29, 1.82) is 0 Å². The molecule has 0 radical (unpaired) electrons. The highest BCUT2D eigenvalue weighted by molar-refractivity contribution is 5.80. The van der Waals surface area contributed by atoms with Crippen molar-refractivity contribution in [2.45, 2.75) is 18.6 Å². The molecule has 0 spiro atoms. The van der Waals surface area contributed by atoms with E-state index in [0.717, 1.165) is 0 Å². The van der Waals surface area contributed by atoms with Gasteiger partial charge in [0, 0.05) is 12.2 Å². The van der Waals surface area contributed by atoms with Gasteiger partial charge in [-0.2, -0.15) is 0 Å². The summed E-state index contributed by atoms with van der Waals surface area (Å²) in [5.41, 5.74) is 0.581. The fraction of sp³-hybridized carbons (Fsp3) is 0.462. The first-order valence-corrected chi connectivity index (χ1v) is 5.77. The van der Waals surface area contributed by atoms with Crippen LogP contribution in [-0.2, 0) is 0 Å². The number of aldehydes is 1. The van der Waals surface area contributed by atoms with Gasteiger partial charge in [0.25, 0.3) is 0 Å². The molecule has 1 rings (SSSR count). The normalized spacial score (nSPS) is 13.7. The molecule has 0 heterocycles. The van der Waals surface area contributed by atoms with Gasteiger partial charge < -0.3 is 24.8 Å². The van der Waals surface area contributed by atoms with Crippen molar-refractivity contribution in [1.82, 2.24) is 0 Å². The van der Waals surface area contributed by atoms with Crippen LogP contribution < -0.4 is 9.47 Å². The van der Waals surface area contributed by atoms with E-state index in [1.54, 1.807) is 0 Å². The lowest BCUT2D eigenvalue weighted by Crippen LogP contribution is -2.20. The Bertz CT molecular complexity index is 431. The Labute approximate surface area is 111 Å². The minimum Gasteiger partial charge on any atom is -0.496 e. The lowest BCUT2D eigenvalue weighted by molar-refractivity contribution is 0.00294. The Balaban J connectivity index is 3.21. The summed E-state index contributed by atoms with van der Waals surface area (Å²) in [4.78, 5) is 10.9. The Hall–Kier alpha value is -1.63. The Morgan fingerprint density at radius 3 is 2.32 bits per heavy atom. The Morgan fingerprint density at radius 2 is 1.84 bits per heavy atom. The van der Waals surface area contributed by atoms with Crippen molar-refractivity contribution in [3.05, 3.63) is 23.3 Å².